The first kappa shape index (κ1) is 11.5. The van der Waals surface area contributed by atoms with E-state index in [1.807, 2.05) is 12.4 Å². The van der Waals surface area contributed by atoms with E-state index in [0.717, 1.165) is 24.9 Å². The third-order valence-electron chi connectivity index (χ3n) is 2.29. The highest BCUT2D eigenvalue weighted by Gasteiger charge is 2.04. The van der Waals surface area contributed by atoms with Gasteiger partial charge in [0, 0.05) is 37.0 Å². The minimum atomic E-state index is 0.391. The molecule has 1 rings (SSSR count). The third-order valence-corrected chi connectivity index (χ3v) is 2.29. The number of rotatable bonds is 6. The fourth-order valence-corrected chi connectivity index (χ4v) is 1.33. The summed E-state index contributed by atoms with van der Waals surface area (Å²) in [6.07, 6.45) is 12.5. The van der Waals surface area contributed by atoms with Gasteiger partial charge in [-0.15, -0.1) is 12.3 Å². The van der Waals surface area contributed by atoms with Crippen molar-refractivity contribution in [1.29, 1.82) is 0 Å². The summed E-state index contributed by atoms with van der Waals surface area (Å²) in [4.78, 5) is 0. The number of terminal acetylenes is 1. The van der Waals surface area contributed by atoms with Crippen LogP contribution in [0.3, 0.4) is 0 Å². The Morgan fingerprint density at radius 2 is 2.60 bits per heavy atom. The van der Waals surface area contributed by atoms with E-state index in [1.54, 1.807) is 10.9 Å². The lowest BCUT2D eigenvalue weighted by Crippen LogP contribution is -2.27. The van der Waals surface area contributed by atoms with Crippen molar-refractivity contribution in [2.75, 3.05) is 0 Å². The second kappa shape index (κ2) is 6.05. The Bertz CT molecular complexity index is 346. The molecule has 3 nitrogen and oxygen atoms in total. The van der Waals surface area contributed by atoms with Gasteiger partial charge < -0.3 is 5.32 Å². The second-order valence-corrected chi connectivity index (χ2v) is 3.41. The van der Waals surface area contributed by atoms with Gasteiger partial charge in [0.25, 0.3) is 0 Å². The molecule has 0 saturated heterocycles. The molecule has 0 amide bonds. The molecule has 0 saturated carbocycles. The van der Waals surface area contributed by atoms with Gasteiger partial charge in [-0.05, 0) is 6.42 Å². The molecule has 0 bridgehead atoms. The van der Waals surface area contributed by atoms with Crippen LogP contribution in [0.25, 0.3) is 6.20 Å². The van der Waals surface area contributed by atoms with Gasteiger partial charge in [-0.1, -0.05) is 13.5 Å². The van der Waals surface area contributed by atoms with E-state index in [4.69, 9.17) is 6.42 Å². The van der Waals surface area contributed by atoms with Crippen molar-refractivity contribution in [2.45, 2.75) is 32.4 Å². The maximum atomic E-state index is 5.28. The van der Waals surface area contributed by atoms with Crippen molar-refractivity contribution < 1.29 is 0 Å². The summed E-state index contributed by atoms with van der Waals surface area (Å²) >= 11 is 0. The van der Waals surface area contributed by atoms with E-state index < -0.39 is 0 Å². The zero-order chi connectivity index (χ0) is 11.1. The highest BCUT2D eigenvalue weighted by Crippen LogP contribution is 2.01. The van der Waals surface area contributed by atoms with Crippen LogP contribution in [0.1, 0.15) is 25.3 Å². The quantitative estimate of drug-likeness (QED) is 0.715. The first-order valence-electron chi connectivity index (χ1n) is 5.12. The Kier molecular flexibility index (Phi) is 4.65. The van der Waals surface area contributed by atoms with Gasteiger partial charge >= 0.3 is 0 Å². The number of hydrogen-bond acceptors (Lipinski definition) is 2. The normalized spacial score (nSPS) is 12.0. The molecular weight excluding hydrogens is 186 g/mol. The molecule has 80 valence electrons. The standard InChI is InChI=1S/C12H17N3/c1-4-7-12(5-2)13-8-11-9-14-15(6-3)10-11/h1,6,9-10,12-13H,3,5,7-8H2,2H3. The van der Waals surface area contributed by atoms with Crippen LogP contribution in [-0.4, -0.2) is 15.8 Å². The van der Waals surface area contributed by atoms with Crippen LogP contribution >= 0.6 is 0 Å². The maximum absolute atomic E-state index is 5.28. The maximum Gasteiger partial charge on any atom is 0.0538 e. The first-order valence-corrected chi connectivity index (χ1v) is 5.12. The van der Waals surface area contributed by atoms with Crippen LogP contribution in [0.2, 0.25) is 0 Å². The van der Waals surface area contributed by atoms with E-state index >= 15 is 0 Å². The molecule has 1 atom stereocenters. The largest absolute Gasteiger partial charge is 0.309 e. The molecule has 0 radical (unpaired) electrons. The molecule has 1 aromatic rings. The third kappa shape index (κ3) is 3.61. The molecule has 1 N–H and O–H groups in total. The molecule has 15 heavy (non-hydrogen) atoms. The van der Waals surface area contributed by atoms with Crippen LogP contribution < -0.4 is 5.32 Å². The van der Waals surface area contributed by atoms with Gasteiger partial charge in [0.15, 0.2) is 0 Å². The fourth-order valence-electron chi connectivity index (χ4n) is 1.33. The number of nitrogens with one attached hydrogen (secondary N) is 1. The molecule has 1 heterocycles. The summed E-state index contributed by atoms with van der Waals surface area (Å²) in [7, 11) is 0. The summed E-state index contributed by atoms with van der Waals surface area (Å²) in [5.41, 5.74) is 1.14. The van der Waals surface area contributed by atoms with Crippen molar-refractivity contribution in [3.05, 3.63) is 24.5 Å². The van der Waals surface area contributed by atoms with Crippen molar-refractivity contribution in [2.24, 2.45) is 0 Å². The topological polar surface area (TPSA) is 29.9 Å². The van der Waals surface area contributed by atoms with E-state index in [1.165, 1.54) is 0 Å². The second-order valence-electron chi connectivity index (χ2n) is 3.41. The van der Waals surface area contributed by atoms with Gasteiger partial charge in [-0.25, -0.2) is 4.68 Å². The lowest BCUT2D eigenvalue weighted by atomic mass is 10.1. The Morgan fingerprint density at radius 3 is 3.13 bits per heavy atom. The van der Waals surface area contributed by atoms with E-state index in [9.17, 15) is 0 Å². The average Bonchev–Trinajstić information content (AvgIpc) is 2.72. The summed E-state index contributed by atoms with van der Waals surface area (Å²) in [5, 5.41) is 7.50. The smallest absolute Gasteiger partial charge is 0.0538 e. The highest BCUT2D eigenvalue weighted by molar-refractivity contribution is 5.17. The van der Waals surface area contributed by atoms with Crippen molar-refractivity contribution in [1.82, 2.24) is 15.1 Å². The minimum absolute atomic E-state index is 0.391. The lowest BCUT2D eigenvalue weighted by molar-refractivity contribution is 0.507. The summed E-state index contributed by atoms with van der Waals surface area (Å²) in [6, 6.07) is 0.391. The summed E-state index contributed by atoms with van der Waals surface area (Å²) in [5.74, 6) is 2.67. The van der Waals surface area contributed by atoms with Gasteiger partial charge in [0.05, 0.1) is 6.20 Å². The fraction of sp³-hybridized carbons (Fsp3) is 0.417. The average molecular weight is 203 g/mol. The molecule has 0 aliphatic heterocycles. The Balaban J connectivity index is 2.42. The zero-order valence-electron chi connectivity index (χ0n) is 9.11. The summed E-state index contributed by atoms with van der Waals surface area (Å²) < 4.78 is 1.69. The molecular formula is C12H17N3. The Hall–Kier alpha value is -1.53. The van der Waals surface area contributed by atoms with Gasteiger partial charge in [-0.2, -0.15) is 5.10 Å². The van der Waals surface area contributed by atoms with Crippen LogP contribution in [0.15, 0.2) is 19.0 Å². The van der Waals surface area contributed by atoms with Gasteiger partial charge in [0.2, 0.25) is 0 Å². The van der Waals surface area contributed by atoms with E-state index in [-0.39, 0.29) is 0 Å². The van der Waals surface area contributed by atoms with Crippen LogP contribution in [0.5, 0.6) is 0 Å². The van der Waals surface area contributed by atoms with E-state index in [0.29, 0.717) is 6.04 Å². The molecule has 3 heteroatoms. The number of nitrogens with zero attached hydrogens (tertiary/aromatic N) is 2. The van der Waals surface area contributed by atoms with Crippen LogP contribution in [0, 0.1) is 12.3 Å². The molecule has 0 spiro atoms. The predicted molar refractivity (Wildman–Crippen MR) is 63.0 cm³/mol. The minimum Gasteiger partial charge on any atom is -0.309 e. The van der Waals surface area contributed by atoms with Gasteiger partial charge in [0.1, 0.15) is 0 Å². The number of hydrogen-bond donors (Lipinski definition) is 1. The lowest BCUT2D eigenvalue weighted by Gasteiger charge is -2.12. The Labute approximate surface area is 91.2 Å². The van der Waals surface area contributed by atoms with Gasteiger partial charge in [-0.3, -0.25) is 0 Å². The predicted octanol–water partition coefficient (Wildman–Crippen LogP) is 1.88. The molecule has 1 unspecified atom stereocenters. The molecule has 1 aromatic heterocycles. The monoisotopic (exact) mass is 203 g/mol. The Morgan fingerprint density at radius 1 is 1.80 bits per heavy atom. The van der Waals surface area contributed by atoms with E-state index in [2.05, 4.69) is 29.8 Å². The van der Waals surface area contributed by atoms with Crippen LogP contribution in [0.4, 0.5) is 0 Å². The first-order chi connectivity index (χ1) is 7.30. The zero-order valence-corrected chi connectivity index (χ0v) is 9.11. The molecule has 0 aromatic carbocycles. The van der Waals surface area contributed by atoms with Crippen molar-refractivity contribution in [3.8, 4) is 12.3 Å². The summed E-state index contributed by atoms with van der Waals surface area (Å²) in [6.45, 7) is 6.57. The van der Waals surface area contributed by atoms with Crippen molar-refractivity contribution >= 4 is 6.20 Å². The highest BCUT2D eigenvalue weighted by atomic mass is 15.2. The molecule has 0 aliphatic carbocycles. The molecule has 0 fully saturated rings. The molecule has 0 aliphatic rings. The number of aromatic nitrogens is 2. The van der Waals surface area contributed by atoms with Crippen molar-refractivity contribution in [3.63, 3.8) is 0 Å². The SMILES string of the molecule is C#CCC(CC)NCc1cnn(C=C)c1. The van der Waals surface area contributed by atoms with Crippen LogP contribution in [-0.2, 0) is 6.54 Å².